The van der Waals surface area contributed by atoms with Gasteiger partial charge in [0.15, 0.2) is 0 Å². The van der Waals surface area contributed by atoms with Crippen LogP contribution in [0.5, 0.6) is 5.75 Å². The van der Waals surface area contributed by atoms with Crippen molar-refractivity contribution < 1.29 is 14.3 Å². The first-order chi connectivity index (χ1) is 11.9. The van der Waals surface area contributed by atoms with Gasteiger partial charge in [-0.1, -0.05) is 30.7 Å². The molecule has 0 aliphatic heterocycles. The fourth-order valence-corrected chi connectivity index (χ4v) is 2.53. The number of anilines is 1. The van der Waals surface area contributed by atoms with E-state index in [2.05, 4.69) is 12.2 Å². The summed E-state index contributed by atoms with van der Waals surface area (Å²) in [6.45, 7) is 1.97. The number of carbonyl (C=O) groups is 2. The number of carbonyl (C=O) groups excluding carboxylic acids is 2. The molecule has 0 bridgehead atoms. The van der Waals surface area contributed by atoms with Crippen molar-refractivity contribution in [1.29, 1.82) is 0 Å². The Morgan fingerprint density at radius 3 is 2.44 bits per heavy atom. The zero-order valence-corrected chi connectivity index (χ0v) is 15.3. The van der Waals surface area contributed by atoms with Crippen LogP contribution in [0.4, 0.5) is 5.69 Å². The van der Waals surface area contributed by atoms with E-state index in [9.17, 15) is 9.59 Å². The maximum Gasteiger partial charge on any atom is 0.254 e. The number of hydrogen-bond acceptors (Lipinski definition) is 3. The molecule has 0 saturated carbocycles. The summed E-state index contributed by atoms with van der Waals surface area (Å²) in [6, 6.07) is 12.3. The molecule has 0 atom stereocenters. The minimum absolute atomic E-state index is 0.0793. The topological polar surface area (TPSA) is 58.6 Å². The Hall–Kier alpha value is -2.53. The normalized spacial score (nSPS) is 10.2. The molecule has 2 aromatic carbocycles. The first kappa shape index (κ1) is 18.8. The molecule has 132 valence electrons. The summed E-state index contributed by atoms with van der Waals surface area (Å²) >= 11 is 5.95. The third-order valence-corrected chi connectivity index (χ3v) is 4.01. The lowest BCUT2D eigenvalue weighted by Gasteiger charge is -2.18. The molecule has 0 aromatic heterocycles. The fraction of sp³-hybridized carbons (Fsp3) is 0.263. The van der Waals surface area contributed by atoms with Crippen LogP contribution in [0.15, 0.2) is 42.5 Å². The Bertz CT molecular complexity index is 760. The zero-order valence-electron chi connectivity index (χ0n) is 14.5. The lowest BCUT2D eigenvalue weighted by Crippen LogP contribution is -2.35. The summed E-state index contributed by atoms with van der Waals surface area (Å²) < 4.78 is 5.19. The van der Waals surface area contributed by atoms with Crippen molar-refractivity contribution >= 4 is 29.1 Å². The number of rotatable bonds is 6. The number of nitrogens with one attached hydrogen (secondary N) is 1. The Balaban J connectivity index is 2.01. The van der Waals surface area contributed by atoms with Crippen molar-refractivity contribution in [2.75, 3.05) is 26.0 Å². The van der Waals surface area contributed by atoms with Crippen LogP contribution >= 0.6 is 11.6 Å². The average molecular weight is 361 g/mol. The molecule has 6 heteroatoms. The van der Waals surface area contributed by atoms with E-state index in [-0.39, 0.29) is 18.4 Å². The molecule has 5 nitrogen and oxygen atoms in total. The van der Waals surface area contributed by atoms with E-state index in [4.69, 9.17) is 16.3 Å². The van der Waals surface area contributed by atoms with Crippen LogP contribution in [-0.4, -0.2) is 37.4 Å². The number of aryl methyl sites for hydroxylation is 1. The quantitative estimate of drug-likeness (QED) is 0.855. The maximum absolute atomic E-state index is 12.4. The highest BCUT2D eigenvalue weighted by atomic mass is 35.5. The summed E-state index contributed by atoms with van der Waals surface area (Å²) in [5.41, 5.74) is 2.17. The summed E-state index contributed by atoms with van der Waals surface area (Å²) in [7, 11) is 3.10. The number of methoxy groups -OCH3 is 1. The SMILES string of the molecule is CCc1ccc(C(=O)N(C)CC(=O)Nc2cc(Cl)ccc2OC)cc1. The smallest absolute Gasteiger partial charge is 0.254 e. The number of amides is 2. The van der Waals surface area contributed by atoms with Gasteiger partial charge in [0.25, 0.3) is 5.91 Å². The monoisotopic (exact) mass is 360 g/mol. The van der Waals surface area contributed by atoms with Crippen LogP contribution in [0.1, 0.15) is 22.8 Å². The minimum atomic E-state index is -0.332. The third-order valence-electron chi connectivity index (χ3n) is 3.77. The molecule has 0 heterocycles. The van der Waals surface area contributed by atoms with Crippen molar-refractivity contribution in [3.05, 3.63) is 58.6 Å². The van der Waals surface area contributed by atoms with Gasteiger partial charge in [-0.05, 0) is 42.3 Å². The van der Waals surface area contributed by atoms with Gasteiger partial charge in [0.1, 0.15) is 5.75 Å². The van der Waals surface area contributed by atoms with Crippen molar-refractivity contribution in [3.63, 3.8) is 0 Å². The van der Waals surface area contributed by atoms with E-state index < -0.39 is 0 Å². The maximum atomic E-state index is 12.4. The van der Waals surface area contributed by atoms with E-state index in [1.807, 2.05) is 12.1 Å². The summed E-state index contributed by atoms with van der Waals surface area (Å²) in [5, 5.41) is 3.20. The van der Waals surface area contributed by atoms with Crippen molar-refractivity contribution in [2.45, 2.75) is 13.3 Å². The summed E-state index contributed by atoms with van der Waals surface area (Å²) in [6.07, 6.45) is 0.911. The van der Waals surface area contributed by atoms with Crippen LogP contribution in [0.2, 0.25) is 5.02 Å². The number of likely N-dealkylation sites (N-methyl/N-ethyl adjacent to an activating group) is 1. The molecule has 2 amide bonds. The molecule has 0 radical (unpaired) electrons. The van der Waals surface area contributed by atoms with Crippen molar-refractivity contribution in [2.24, 2.45) is 0 Å². The van der Waals surface area contributed by atoms with Gasteiger partial charge in [-0.15, -0.1) is 0 Å². The Morgan fingerprint density at radius 1 is 1.16 bits per heavy atom. The molecule has 25 heavy (non-hydrogen) atoms. The summed E-state index contributed by atoms with van der Waals surface area (Å²) in [4.78, 5) is 26.0. The lowest BCUT2D eigenvalue weighted by molar-refractivity contribution is -0.116. The van der Waals surface area contributed by atoms with Crippen LogP contribution in [0.3, 0.4) is 0 Å². The van der Waals surface area contributed by atoms with E-state index in [0.29, 0.717) is 22.0 Å². The van der Waals surface area contributed by atoms with Crippen LogP contribution < -0.4 is 10.1 Å². The van der Waals surface area contributed by atoms with E-state index >= 15 is 0 Å². The highest BCUT2D eigenvalue weighted by molar-refractivity contribution is 6.31. The zero-order chi connectivity index (χ0) is 18.4. The lowest BCUT2D eigenvalue weighted by atomic mass is 10.1. The van der Waals surface area contributed by atoms with Gasteiger partial charge in [-0.2, -0.15) is 0 Å². The number of nitrogens with zero attached hydrogens (tertiary/aromatic N) is 1. The molecule has 0 spiro atoms. The highest BCUT2D eigenvalue weighted by Crippen LogP contribution is 2.27. The average Bonchev–Trinajstić information content (AvgIpc) is 2.61. The Labute approximate surface area is 152 Å². The van der Waals surface area contributed by atoms with Crippen LogP contribution in [0, 0.1) is 0 Å². The Kier molecular flexibility index (Phi) is 6.42. The van der Waals surface area contributed by atoms with E-state index in [1.54, 1.807) is 37.4 Å². The highest BCUT2D eigenvalue weighted by Gasteiger charge is 2.16. The standard InChI is InChI=1S/C19H21ClN2O3/c1-4-13-5-7-14(8-6-13)19(24)22(2)12-18(23)21-16-11-15(20)9-10-17(16)25-3/h5-11H,4,12H2,1-3H3,(H,21,23). The number of benzene rings is 2. The van der Waals surface area contributed by atoms with E-state index in [1.165, 1.54) is 12.0 Å². The summed E-state index contributed by atoms with van der Waals surface area (Å²) in [5.74, 6) is -0.0423. The molecule has 0 aliphatic rings. The first-order valence-electron chi connectivity index (χ1n) is 7.92. The predicted molar refractivity (Wildman–Crippen MR) is 99.4 cm³/mol. The molecule has 1 N–H and O–H groups in total. The molecular formula is C19H21ClN2O3. The van der Waals surface area contributed by atoms with Crippen LogP contribution in [0.25, 0.3) is 0 Å². The molecule has 0 unspecified atom stereocenters. The molecular weight excluding hydrogens is 340 g/mol. The molecule has 2 aromatic rings. The fourth-order valence-electron chi connectivity index (χ4n) is 2.36. The first-order valence-corrected chi connectivity index (χ1v) is 8.30. The number of halogens is 1. The largest absolute Gasteiger partial charge is 0.495 e. The predicted octanol–water partition coefficient (Wildman–Crippen LogP) is 3.62. The molecule has 0 aliphatic carbocycles. The van der Waals surface area contributed by atoms with Gasteiger partial charge in [0.05, 0.1) is 19.3 Å². The molecule has 0 saturated heterocycles. The van der Waals surface area contributed by atoms with Gasteiger partial charge >= 0.3 is 0 Å². The Morgan fingerprint density at radius 2 is 1.84 bits per heavy atom. The van der Waals surface area contributed by atoms with Gasteiger partial charge in [0, 0.05) is 17.6 Å². The molecule has 0 fully saturated rings. The van der Waals surface area contributed by atoms with Gasteiger partial charge < -0.3 is 15.0 Å². The van der Waals surface area contributed by atoms with Gasteiger partial charge in [-0.3, -0.25) is 9.59 Å². The number of hydrogen-bond donors (Lipinski definition) is 1. The second-order valence-electron chi connectivity index (χ2n) is 5.60. The second kappa shape index (κ2) is 8.53. The van der Waals surface area contributed by atoms with Crippen molar-refractivity contribution in [1.82, 2.24) is 4.90 Å². The third kappa shape index (κ3) is 4.97. The molecule has 2 rings (SSSR count). The van der Waals surface area contributed by atoms with Gasteiger partial charge in [-0.25, -0.2) is 0 Å². The van der Waals surface area contributed by atoms with E-state index in [0.717, 1.165) is 12.0 Å². The van der Waals surface area contributed by atoms with Crippen LogP contribution in [-0.2, 0) is 11.2 Å². The van der Waals surface area contributed by atoms with Crippen molar-refractivity contribution in [3.8, 4) is 5.75 Å². The van der Waals surface area contributed by atoms with Gasteiger partial charge in [0.2, 0.25) is 5.91 Å². The second-order valence-corrected chi connectivity index (χ2v) is 6.04. The minimum Gasteiger partial charge on any atom is -0.495 e. The number of ether oxygens (including phenoxy) is 1.